The van der Waals surface area contributed by atoms with Gasteiger partial charge in [0.1, 0.15) is 17.9 Å². The van der Waals surface area contributed by atoms with Crippen molar-refractivity contribution in [3.8, 4) is 0 Å². The van der Waals surface area contributed by atoms with Gasteiger partial charge >= 0.3 is 12.2 Å². The molecule has 222 valence electrons. The fraction of sp³-hybridized carbons (Fsp3) is 0.290. The molecule has 1 aromatic heterocycles. The highest BCUT2D eigenvalue weighted by Crippen LogP contribution is 2.40. The molecule has 2 saturated heterocycles. The van der Waals surface area contributed by atoms with Crippen molar-refractivity contribution in [3.05, 3.63) is 95.8 Å². The Labute approximate surface area is 253 Å². The van der Waals surface area contributed by atoms with E-state index >= 15 is 0 Å². The second kappa shape index (κ2) is 14.0. The summed E-state index contributed by atoms with van der Waals surface area (Å²) in [6, 6.07) is 21.0. The molecule has 11 nitrogen and oxygen atoms in total. The lowest BCUT2D eigenvalue weighted by Gasteiger charge is -2.23. The molecule has 2 fully saturated rings. The smallest absolute Gasteiger partial charge is 0.436 e. The number of ether oxygens (including phenoxy) is 2. The Balaban J connectivity index is 1.23. The average Bonchev–Trinajstić information content (AvgIpc) is 3.63. The predicted molar refractivity (Wildman–Crippen MR) is 161 cm³/mol. The van der Waals surface area contributed by atoms with E-state index in [-0.39, 0.29) is 36.7 Å². The molecule has 3 heterocycles. The fourth-order valence-electron chi connectivity index (χ4n) is 4.81. The molecule has 43 heavy (non-hydrogen) atoms. The topological polar surface area (TPSA) is 130 Å². The van der Waals surface area contributed by atoms with Gasteiger partial charge in [-0.2, -0.15) is 4.99 Å². The number of aromatic nitrogens is 1. The maximum atomic E-state index is 13.5. The molecular weight excluding hydrogens is 570 g/mol. The maximum Gasteiger partial charge on any atom is 0.436 e. The second-order valence-electron chi connectivity index (χ2n) is 9.84. The summed E-state index contributed by atoms with van der Waals surface area (Å²) in [5.74, 6) is -0.551. The molecular formula is C31H31N5O6S. The third-order valence-electron chi connectivity index (χ3n) is 6.92. The summed E-state index contributed by atoms with van der Waals surface area (Å²) in [6.07, 6.45) is 1.57. The van der Waals surface area contributed by atoms with Gasteiger partial charge in [0.05, 0.1) is 18.8 Å². The van der Waals surface area contributed by atoms with Crippen LogP contribution in [0.5, 0.6) is 0 Å². The minimum Gasteiger partial charge on any atom is -0.448 e. The second-order valence-corrected chi connectivity index (χ2v) is 10.9. The number of nitrogens with zero attached hydrogens (tertiary/aromatic N) is 4. The number of carbonyl (C=O) groups is 4. The van der Waals surface area contributed by atoms with E-state index < -0.39 is 23.5 Å². The highest BCUT2D eigenvalue weighted by atomic mass is 32.2. The molecule has 0 spiro atoms. The van der Waals surface area contributed by atoms with Crippen molar-refractivity contribution in [3.63, 3.8) is 0 Å². The molecule has 2 atom stereocenters. The quantitative estimate of drug-likeness (QED) is 0.375. The summed E-state index contributed by atoms with van der Waals surface area (Å²) in [5, 5.41) is 2.46. The van der Waals surface area contributed by atoms with Gasteiger partial charge in [-0.05, 0) is 55.2 Å². The van der Waals surface area contributed by atoms with Gasteiger partial charge in [0, 0.05) is 18.4 Å². The lowest BCUT2D eigenvalue weighted by atomic mass is 10.1. The Morgan fingerprint density at radius 3 is 2.51 bits per heavy atom. The number of aliphatic imine (C=N–C) groups is 1. The molecule has 0 radical (unpaired) electrons. The molecule has 2 aromatic carbocycles. The summed E-state index contributed by atoms with van der Waals surface area (Å²) in [5.41, 5.74) is 2.73. The van der Waals surface area contributed by atoms with Crippen molar-refractivity contribution in [1.82, 2.24) is 14.8 Å². The molecule has 2 aliphatic heterocycles. The van der Waals surface area contributed by atoms with Gasteiger partial charge < -0.3 is 14.8 Å². The van der Waals surface area contributed by atoms with Crippen LogP contribution in [0, 0.1) is 0 Å². The number of thioether (sulfide) groups is 1. The lowest BCUT2D eigenvalue weighted by Crippen LogP contribution is -2.43. The molecule has 2 aliphatic rings. The highest BCUT2D eigenvalue weighted by Gasteiger charge is 2.40. The van der Waals surface area contributed by atoms with E-state index in [1.54, 1.807) is 49.5 Å². The Hall–Kier alpha value is -4.71. The van der Waals surface area contributed by atoms with Crippen molar-refractivity contribution in [2.45, 2.75) is 44.2 Å². The molecule has 12 heteroatoms. The van der Waals surface area contributed by atoms with Gasteiger partial charge in [0.2, 0.25) is 11.8 Å². The third kappa shape index (κ3) is 7.39. The average molecular weight is 602 g/mol. The lowest BCUT2D eigenvalue weighted by molar-refractivity contribution is -0.126. The van der Waals surface area contributed by atoms with Crippen molar-refractivity contribution < 1.29 is 28.7 Å². The van der Waals surface area contributed by atoms with E-state index in [1.807, 2.05) is 36.4 Å². The first-order valence-corrected chi connectivity index (χ1v) is 14.8. The number of amidine groups is 1. The summed E-state index contributed by atoms with van der Waals surface area (Å²) >= 11 is 1.15. The standard InChI is InChI=1S/C31H31N5O6S/c1-2-41-30(39)34-29-36(19-24-11-6-7-17-32-24)28(38)26(43-29)22-13-15-23(16-14-22)33-27(37)25-12-8-18-35(25)31(40)42-20-21-9-4-3-5-10-21/h3-7,9-11,13-17,25-26H,2,8,12,18-20H2,1H3,(H,33,37)/b34-29-/t25-,26?/m0/s1. The number of nitrogens with one attached hydrogen (secondary N) is 1. The molecule has 3 aromatic rings. The van der Waals surface area contributed by atoms with Crippen molar-refractivity contribution in [2.24, 2.45) is 4.99 Å². The van der Waals surface area contributed by atoms with Crippen LogP contribution in [-0.4, -0.2) is 63.1 Å². The number of anilines is 1. The van der Waals surface area contributed by atoms with Crippen LogP contribution in [0.2, 0.25) is 0 Å². The summed E-state index contributed by atoms with van der Waals surface area (Å²) in [7, 11) is 0. The highest BCUT2D eigenvalue weighted by molar-refractivity contribution is 8.15. The van der Waals surface area contributed by atoms with Gasteiger partial charge in [-0.15, -0.1) is 0 Å². The van der Waals surface area contributed by atoms with Gasteiger partial charge in [-0.25, -0.2) is 9.59 Å². The summed E-state index contributed by atoms with van der Waals surface area (Å²) < 4.78 is 10.4. The van der Waals surface area contributed by atoms with Crippen LogP contribution >= 0.6 is 11.8 Å². The Bertz CT molecular complexity index is 1490. The molecule has 1 N–H and O–H groups in total. The molecule has 0 bridgehead atoms. The number of likely N-dealkylation sites (tertiary alicyclic amines) is 1. The van der Waals surface area contributed by atoms with E-state index in [0.29, 0.717) is 36.3 Å². The van der Waals surface area contributed by atoms with E-state index in [4.69, 9.17) is 9.47 Å². The zero-order chi connectivity index (χ0) is 30.2. The zero-order valence-electron chi connectivity index (χ0n) is 23.5. The van der Waals surface area contributed by atoms with Crippen molar-refractivity contribution in [1.29, 1.82) is 0 Å². The van der Waals surface area contributed by atoms with Crippen LogP contribution in [0.4, 0.5) is 15.3 Å². The first-order valence-electron chi connectivity index (χ1n) is 13.9. The van der Waals surface area contributed by atoms with E-state index in [0.717, 1.165) is 17.3 Å². The van der Waals surface area contributed by atoms with Crippen LogP contribution in [0.15, 0.2) is 84.0 Å². The van der Waals surface area contributed by atoms with Gasteiger partial charge in [0.25, 0.3) is 0 Å². The Kier molecular flexibility index (Phi) is 9.67. The SMILES string of the molecule is CCOC(=O)/N=C1\SC(c2ccc(NC(=O)[C@@H]3CCCN3C(=O)OCc3ccccc3)cc2)C(=O)N1Cc1ccccn1. The largest absolute Gasteiger partial charge is 0.448 e. The number of carbonyl (C=O) groups excluding carboxylic acids is 4. The van der Waals surface area contributed by atoms with Crippen LogP contribution in [0.3, 0.4) is 0 Å². The van der Waals surface area contributed by atoms with Crippen LogP contribution in [0.1, 0.15) is 41.8 Å². The number of hydrogen-bond donors (Lipinski definition) is 1. The van der Waals surface area contributed by atoms with Crippen molar-refractivity contribution >= 4 is 46.6 Å². The van der Waals surface area contributed by atoms with Crippen molar-refractivity contribution in [2.75, 3.05) is 18.5 Å². The molecule has 0 aliphatic carbocycles. The number of hydrogen-bond acceptors (Lipinski definition) is 8. The predicted octanol–water partition coefficient (Wildman–Crippen LogP) is 5.15. The minimum absolute atomic E-state index is 0.134. The fourth-order valence-corrected chi connectivity index (χ4v) is 5.95. The van der Waals surface area contributed by atoms with Gasteiger partial charge in [0.15, 0.2) is 5.17 Å². The number of amides is 4. The van der Waals surface area contributed by atoms with E-state index in [2.05, 4.69) is 15.3 Å². The summed E-state index contributed by atoms with van der Waals surface area (Å²) in [4.78, 5) is 62.6. The van der Waals surface area contributed by atoms with E-state index in [1.165, 1.54) is 9.80 Å². The Morgan fingerprint density at radius 2 is 1.79 bits per heavy atom. The monoisotopic (exact) mass is 601 g/mol. The number of benzene rings is 2. The van der Waals surface area contributed by atoms with Crippen LogP contribution in [-0.2, 0) is 32.2 Å². The zero-order valence-corrected chi connectivity index (χ0v) is 24.4. The first-order chi connectivity index (χ1) is 20.9. The first kappa shape index (κ1) is 29.8. The molecule has 0 saturated carbocycles. The molecule has 1 unspecified atom stereocenters. The Morgan fingerprint density at radius 1 is 1.02 bits per heavy atom. The number of pyridine rings is 1. The normalized spacial score (nSPS) is 19.0. The molecule has 5 rings (SSSR count). The minimum atomic E-state index is -0.771. The number of rotatable bonds is 8. The van der Waals surface area contributed by atoms with Gasteiger partial charge in [-0.1, -0.05) is 60.3 Å². The molecule has 4 amide bonds. The van der Waals surface area contributed by atoms with E-state index in [9.17, 15) is 19.2 Å². The van der Waals surface area contributed by atoms with Crippen LogP contribution in [0.25, 0.3) is 0 Å². The third-order valence-corrected chi connectivity index (χ3v) is 8.15. The summed E-state index contributed by atoms with van der Waals surface area (Å²) in [6.45, 7) is 2.58. The van der Waals surface area contributed by atoms with Gasteiger partial charge in [-0.3, -0.25) is 24.4 Å². The van der Waals surface area contributed by atoms with Crippen LogP contribution < -0.4 is 5.32 Å². The maximum absolute atomic E-state index is 13.5.